The molecule has 2 rings (SSSR count). The van der Waals surface area contributed by atoms with Crippen molar-refractivity contribution in [2.75, 3.05) is 32.7 Å². The highest BCUT2D eigenvalue weighted by Crippen LogP contribution is 2.20. The molecule has 1 amide bonds. The second-order valence-corrected chi connectivity index (χ2v) is 4.95. The van der Waals surface area contributed by atoms with E-state index in [0.29, 0.717) is 0 Å². The summed E-state index contributed by atoms with van der Waals surface area (Å²) in [4.78, 5) is 13.9. The highest BCUT2D eigenvalue weighted by atomic mass is 19.1. The van der Waals surface area contributed by atoms with Gasteiger partial charge in [0.15, 0.2) is 0 Å². The molecule has 2 N–H and O–H groups in total. The molecule has 1 saturated heterocycles. The molecule has 1 fully saturated rings. The summed E-state index contributed by atoms with van der Waals surface area (Å²) < 4.78 is 27.2. The van der Waals surface area contributed by atoms with Crippen LogP contribution in [-0.4, -0.2) is 43.5 Å². The normalized spacial score (nSPS) is 17.8. The number of nitrogens with one attached hydrogen (secondary N) is 2. The summed E-state index contributed by atoms with van der Waals surface area (Å²) in [7, 11) is 0. The van der Waals surface area contributed by atoms with Gasteiger partial charge in [0.05, 0.1) is 12.6 Å². The summed E-state index contributed by atoms with van der Waals surface area (Å²) >= 11 is 0. The van der Waals surface area contributed by atoms with E-state index in [9.17, 15) is 13.6 Å². The Labute approximate surface area is 117 Å². The van der Waals surface area contributed by atoms with Gasteiger partial charge in [0, 0.05) is 31.7 Å². The number of nitrogens with zero attached hydrogens (tertiary/aromatic N) is 1. The number of benzene rings is 1. The lowest BCUT2D eigenvalue weighted by Gasteiger charge is -2.27. The van der Waals surface area contributed by atoms with Crippen LogP contribution in [0.4, 0.5) is 8.78 Å². The van der Waals surface area contributed by atoms with Crippen molar-refractivity contribution >= 4 is 5.91 Å². The van der Waals surface area contributed by atoms with Gasteiger partial charge >= 0.3 is 0 Å². The lowest BCUT2D eigenvalue weighted by Crippen LogP contribution is -2.47. The Morgan fingerprint density at radius 2 is 1.95 bits per heavy atom. The first-order valence-electron chi connectivity index (χ1n) is 6.74. The van der Waals surface area contributed by atoms with Gasteiger partial charge in [0.2, 0.25) is 5.91 Å². The molecule has 0 aromatic heterocycles. The van der Waals surface area contributed by atoms with E-state index in [0.717, 1.165) is 26.2 Å². The molecular weight excluding hydrogens is 264 g/mol. The largest absolute Gasteiger partial charge is 0.348 e. The zero-order valence-corrected chi connectivity index (χ0v) is 11.5. The van der Waals surface area contributed by atoms with Crippen LogP contribution in [0.25, 0.3) is 0 Å². The number of rotatable bonds is 4. The Morgan fingerprint density at radius 3 is 2.55 bits per heavy atom. The SMILES string of the molecule is CC(NC(=O)CN1CCNCC1)c1c(F)cccc1F. The zero-order chi connectivity index (χ0) is 14.5. The number of piperazine rings is 1. The first kappa shape index (κ1) is 14.9. The Bertz CT molecular complexity index is 455. The Morgan fingerprint density at radius 1 is 1.35 bits per heavy atom. The van der Waals surface area contributed by atoms with E-state index in [1.165, 1.54) is 18.2 Å². The lowest BCUT2D eigenvalue weighted by atomic mass is 10.1. The zero-order valence-electron chi connectivity index (χ0n) is 11.5. The van der Waals surface area contributed by atoms with Crippen molar-refractivity contribution < 1.29 is 13.6 Å². The van der Waals surface area contributed by atoms with Gasteiger partial charge in [-0.3, -0.25) is 9.69 Å². The minimum Gasteiger partial charge on any atom is -0.348 e. The summed E-state index contributed by atoms with van der Waals surface area (Å²) in [6, 6.07) is 3.00. The summed E-state index contributed by atoms with van der Waals surface area (Å²) in [5.74, 6) is -1.50. The van der Waals surface area contributed by atoms with Crippen molar-refractivity contribution in [2.24, 2.45) is 0 Å². The Balaban J connectivity index is 1.93. The molecule has 1 atom stereocenters. The average molecular weight is 283 g/mol. The van der Waals surface area contributed by atoms with Gasteiger partial charge in [-0.2, -0.15) is 0 Å². The molecule has 110 valence electrons. The lowest BCUT2D eigenvalue weighted by molar-refractivity contribution is -0.123. The van der Waals surface area contributed by atoms with Gasteiger partial charge in [-0.15, -0.1) is 0 Å². The standard InChI is InChI=1S/C14H19F2N3O/c1-10(14-11(15)3-2-4-12(14)16)18-13(20)9-19-7-5-17-6-8-19/h2-4,10,17H,5-9H2,1H3,(H,18,20). The van der Waals surface area contributed by atoms with E-state index in [4.69, 9.17) is 0 Å². The molecule has 1 aliphatic rings. The van der Waals surface area contributed by atoms with Crippen LogP contribution in [0.2, 0.25) is 0 Å². The molecule has 1 aliphatic heterocycles. The molecule has 1 aromatic carbocycles. The average Bonchev–Trinajstić information content (AvgIpc) is 2.39. The second-order valence-electron chi connectivity index (χ2n) is 4.95. The van der Waals surface area contributed by atoms with Crippen molar-refractivity contribution in [3.63, 3.8) is 0 Å². The van der Waals surface area contributed by atoms with Crippen LogP contribution in [0.1, 0.15) is 18.5 Å². The summed E-state index contributed by atoms with van der Waals surface area (Å²) in [6.45, 7) is 5.14. The molecule has 0 radical (unpaired) electrons. The number of halogens is 2. The van der Waals surface area contributed by atoms with Crippen LogP contribution in [0.3, 0.4) is 0 Å². The molecule has 0 bridgehead atoms. The summed E-state index contributed by atoms with van der Waals surface area (Å²) in [5.41, 5.74) is -0.0961. The van der Waals surface area contributed by atoms with E-state index in [1.54, 1.807) is 6.92 Å². The maximum absolute atomic E-state index is 13.6. The van der Waals surface area contributed by atoms with Crippen molar-refractivity contribution in [2.45, 2.75) is 13.0 Å². The van der Waals surface area contributed by atoms with E-state index < -0.39 is 17.7 Å². The predicted octanol–water partition coefficient (Wildman–Crippen LogP) is 1.05. The van der Waals surface area contributed by atoms with Gasteiger partial charge in [-0.1, -0.05) is 6.07 Å². The third-order valence-corrected chi connectivity index (χ3v) is 3.39. The van der Waals surface area contributed by atoms with E-state index in [2.05, 4.69) is 10.6 Å². The number of hydrogen-bond acceptors (Lipinski definition) is 3. The molecule has 20 heavy (non-hydrogen) atoms. The molecule has 0 aliphatic carbocycles. The first-order valence-corrected chi connectivity index (χ1v) is 6.74. The third kappa shape index (κ3) is 3.74. The predicted molar refractivity (Wildman–Crippen MR) is 72.2 cm³/mol. The fraction of sp³-hybridized carbons (Fsp3) is 0.500. The molecule has 1 aromatic rings. The quantitative estimate of drug-likeness (QED) is 0.868. The Hall–Kier alpha value is -1.53. The Kier molecular flexibility index (Phi) is 5.03. The minimum atomic E-state index is -0.688. The van der Waals surface area contributed by atoms with Crippen molar-refractivity contribution in [1.29, 1.82) is 0 Å². The number of carbonyl (C=O) groups excluding carboxylic acids is 1. The van der Waals surface area contributed by atoms with Crippen molar-refractivity contribution in [1.82, 2.24) is 15.5 Å². The maximum Gasteiger partial charge on any atom is 0.234 e. The fourth-order valence-corrected chi connectivity index (χ4v) is 2.36. The van der Waals surface area contributed by atoms with Gasteiger partial charge in [-0.05, 0) is 19.1 Å². The second kappa shape index (κ2) is 6.76. The first-order chi connectivity index (χ1) is 9.58. The van der Waals surface area contributed by atoms with Crippen molar-refractivity contribution in [3.05, 3.63) is 35.4 Å². The van der Waals surface area contributed by atoms with Crippen molar-refractivity contribution in [3.8, 4) is 0 Å². The smallest absolute Gasteiger partial charge is 0.234 e. The summed E-state index contributed by atoms with van der Waals surface area (Å²) in [6.07, 6.45) is 0. The topological polar surface area (TPSA) is 44.4 Å². The maximum atomic E-state index is 13.6. The van der Waals surface area contributed by atoms with E-state index in [1.807, 2.05) is 4.90 Å². The van der Waals surface area contributed by atoms with Gasteiger partial charge < -0.3 is 10.6 Å². The van der Waals surface area contributed by atoms with Crippen LogP contribution in [-0.2, 0) is 4.79 Å². The van der Waals surface area contributed by atoms with Crippen LogP contribution in [0, 0.1) is 11.6 Å². The summed E-state index contributed by atoms with van der Waals surface area (Å²) in [5, 5.41) is 5.84. The number of carbonyl (C=O) groups is 1. The van der Waals surface area contributed by atoms with Gasteiger partial charge in [-0.25, -0.2) is 8.78 Å². The van der Waals surface area contributed by atoms with Crippen LogP contribution < -0.4 is 10.6 Å². The monoisotopic (exact) mass is 283 g/mol. The van der Waals surface area contributed by atoms with Crippen LogP contribution in [0.5, 0.6) is 0 Å². The molecule has 1 heterocycles. The fourth-order valence-electron chi connectivity index (χ4n) is 2.36. The molecular formula is C14H19F2N3O. The van der Waals surface area contributed by atoms with Gasteiger partial charge in [0.25, 0.3) is 0 Å². The van der Waals surface area contributed by atoms with E-state index in [-0.39, 0.29) is 18.0 Å². The number of amides is 1. The minimum absolute atomic E-state index is 0.0961. The molecule has 6 heteroatoms. The van der Waals surface area contributed by atoms with Crippen LogP contribution in [0.15, 0.2) is 18.2 Å². The molecule has 1 unspecified atom stereocenters. The molecule has 0 spiro atoms. The van der Waals surface area contributed by atoms with Crippen LogP contribution >= 0.6 is 0 Å². The van der Waals surface area contributed by atoms with E-state index >= 15 is 0 Å². The molecule has 4 nitrogen and oxygen atoms in total. The highest BCUT2D eigenvalue weighted by molar-refractivity contribution is 5.78. The van der Waals surface area contributed by atoms with Gasteiger partial charge in [0.1, 0.15) is 11.6 Å². The molecule has 0 saturated carbocycles. The number of hydrogen-bond donors (Lipinski definition) is 2. The highest BCUT2D eigenvalue weighted by Gasteiger charge is 2.19. The third-order valence-electron chi connectivity index (χ3n) is 3.39.